The molecule has 1 amide bonds. The molecular weight excluding hydrogens is 302 g/mol. The van der Waals surface area contributed by atoms with Crippen LogP contribution in [0.3, 0.4) is 0 Å². The molecule has 0 radical (unpaired) electrons. The fourth-order valence-electron chi connectivity index (χ4n) is 3.56. The standard InChI is InChI=1S/C19H25N3O2/c1-13-6-4-5-7-17(13)16-8-10-22(12-16)11-9-20-19(23)18-14(2)21-24-15(18)3/h4-7,16H,8-12H2,1-3H3,(H,20,23). The first-order valence-corrected chi connectivity index (χ1v) is 8.55. The number of aryl methyl sites for hydroxylation is 3. The molecule has 1 aliphatic heterocycles. The Balaban J connectivity index is 1.49. The SMILES string of the molecule is Cc1ccccc1C1CCN(CCNC(=O)c2c(C)noc2C)C1. The summed E-state index contributed by atoms with van der Waals surface area (Å²) in [5.41, 5.74) is 4.04. The first-order chi connectivity index (χ1) is 11.6. The third-order valence-electron chi connectivity index (χ3n) is 4.87. The second-order valence-corrected chi connectivity index (χ2v) is 6.60. The molecule has 1 aromatic heterocycles. The summed E-state index contributed by atoms with van der Waals surface area (Å²) in [6.07, 6.45) is 1.18. The molecule has 1 atom stereocenters. The Kier molecular flexibility index (Phi) is 5.00. The molecule has 2 heterocycles. The molecule has 1 aromatic carbocycles. The summed E-state index contributed by atoms with van der Waals surface area (Å²) in [5, 5.41) is 6.81. The summed E-state index contributed by atoms with van der Waals surface area (Å²) in [6, 6.07) is 8.63. The minimum absolute atomic E-state index is 0.0964. The van der Waals surface area contributed by atoms with Crippen molar-refractivity contribution in [2.45, 2.75) is 33.1 Å². The van der Waals surface area contributed by atoms with E-state index in [1.165, 1.54) is 17.5 Å². The number of rotatable bonds is 5. The zero-order valence-corrected chi connectivity index (χ0v) is 14.6. The van der Waals surface area contributed by atoms with Crippen LogP contribution >= 0.6 is 0 Å². The molecular formula is C19H25N3O2. The number of carbonyl (C=O) groups is 1. The Labute approximate surface area is 143 Å². The van der Waals surface area contributed by atoms with Gasteiger partial charge in [0.05, 0.1) is 5.69 Å². The van der Waals surface area contributed by atoms with Crippen molar-refractivity contribution in [1.82, 2.24) is 15.4 Å². The zero-order valence-electron chi connectivity index (χ0n) is 14.6. The maximum absolute atomic E-state index is 12.2. The van der Waals surface area contributed by atoms with Gasteiger partial charge in [0.2, 0.25) is 0 Å². The number of nitrogens with one attached hydrogen (secondary N) is 1. The molecule has 128 valence electrons. The summed E-state index contributed by atoms with van der Waals surface area (Å²) in [4.78, 5) is 14.6. The number of aromatic nitrogens is 1. The van der Waals surface area contributed by atoms with E-state index in [1.54, 1.807) is 13.8 Å². The molecule has 2 aromatic rings. The zero-order chi connectivity index (χ0) is 17.1. The van der Waals surface area contributed by atoms with Gasteiger partial charge in [-0.3, -0.25) is 4.79 Å². The highest BCUT2D eigenvalue weighted by Gasteiger charge is 2.24. The van der Waals surface area contributed by atoms with Gasteiger partial charge in [0.15, 0.2) is 0 Å². The van der Waals surface area contributed by atoms with E-state index in [1.807, 2.05) is 0 Å². The van der Waals surface area contributed by atoms with Gasteiger partial charge in [-0.15, -0.1) is 0 Å². The van der Waals surface area contributed by atoms with Crippen molar-refractivity contribution in [3.8, 4) is 0 Å². The lowest BCUT2D eigenvalue weighted by Crippen LogP contribution is -2.34. The molecule has 3 rings (SSSR count). The third-order valence-corrected chi connectivity index (χ3v) is 4.87. The average molecular weight is 327 g/mol. The van der Waals surface area contributed by atoms with Crippen LogP contribution < -0.4 is 5.32 Å². The largest absolute Gasteiger partial charge is 0.361 e. The maximum atomic E-state index is 12.2. The Morgan fingerprint density at radius 3 is 2.83 bits per heavy atom. The Hall–Kier alpha value is -2.14. The van der Waals surface area contributed by atoms with E-state index in [-0.39, 0.29) is 5.91 Å². The molecule has 0 aliphatic carbocycles. The minimum atomic E-state index is -0.0964. The molecule has 1 N–H and O–H groups in total. The summed E-state index contributed by atoms with van der Waals surface area (Å²) in [6.45, 7) is 9.40. The number of nitrogens with zero attached hydrogens (tertiary/aromatic N) is 2. The average Bonchev–Trinajstić information content (AvgIpc) is 3.15. The van der Waals surface area contributed by atoms with E-state index >= 15 is 0 Å². The van der Waals surface area contributed by atoms with E-state index in [4.69, 9.17) is 4.52 Å². The summed E-state index contributed by atoms with van der Waals surface area (Å²) in [5.74, 6) is 1.08. The second kappa shape index (κ2) is 7.18. The van der Waals surface area contributed by atoms with E-state index in [9.17, 15) is 4.79 Å². The van der Waals surface area contributed by atoms with Crippen molar-refractivity contribution < 1.29 is 9.32 Å². The van der Waals surface area contributed by atoms with Gasteiger partial charge in [-0.25, -0.2) is 0 Å². The fraction of sp³-hybridized carbons (Fsp3) is 0.474. The quantitative estimate of drug-likeness (QED) is 0.917. The van der Waals surface area contributed by atoms with Crippen molar-refractivity contribution in [2.75, 3.05) is 26.2 Å². The van der Waals surface area contributed by atoms with Crippen LogP contribution in [-0.4, -0.2) is 42.1 Å². The molecule has 0 bridgehead atoms. The number of hydrogen-bond acceptors (Lipinski definition) is 4. The van der Waals surface area contributed by atoms with Gasteiger partial charge in [0, 0.05) is 19.6 Å². The van der Waals surface area contributed by atoms with E-state index in [0.717, 1.165) is 19.6 Å². The van der Waals surface area contributed by atoms with Crippen LogP contribution in [0.5, 0.6) is 0 Å². The first-order valence-electron chi connectivity index (χ1n) is 8.55. The molecule has 1 fully saturated rings. The van der Waals surface area contributed by atoms with Crippen molar-refractivity contribution in [3.63, 3.8) is 0 Å². The van der Waals surface area contributed by atoms with Crippen LogP contribution in [0, 0.1) is 20.8 Å². The van der Waals surface area contributed by atoms with Gasteiger partial charge >= 0.3 is 0 Å². The Morgan fingerprint density at radius 2 is 2.12 bits per heavy atom. The highest BCUT2D eigenvalue weighted by molar-refractivity contribution is 5.96. The van der Waals surface area contributed by atoms with Gasteiger partial charge in [0.25, 0.3) is 5.91 Å². The number of likely N-dealkylation sites (tertiary alicyclic amines) is 1. The lowest BCUT2D eigenvalue weighted by Gasteiger charge is -2.17. The maximum Gasteiger partial charge on any atom is 0.256 e. The molecule has 0 saturated carbocycles. The summed E-state index contributed by atoms with van der Waals surface area (Å²) >= 11 is 0. The molecule has 5 heteroatoms. The molecule has 1 saturated heterocycles. The number of benzene rings is 1. The third kappa shape index (κ3) is 3.51. The minimum Gasteiger partial charge on any atom is -0.361 e. The highest BCUT2D eigenvalue weighted by Crippen LogP contribution is 2.28. The van der Waals surface area contributed by atoms with Crippen molar-refractivity contribution >= 4 is 5.91 Å². The van der Waals surface area contributed by atoms with Crippen LogP contribution in [0.1, 0.15) is 45.3 Å². The molecule has 5 nitrogen and oxygen atoms in total. The van der Waals surface area contributed by atoms with Gasteiger partial charge in [-0.2, -0.15) is 0 Å². The molecule has 1 aliphatic rings. The Morgan fingerprint density at radius 1 is 1.33 bits per heavy atom. The predicted molar refractivity (Wildman–Crippen MR) is 93.3 cm³/mol. The number of carbonyl (C=O) groups excluding carboxylic acids is 1. The summed E-state index contributed by atoms with van der Waals surface area (Å²) < 4.78 is 5.05. The topological polar surface area (TPSA) is 58.4 Å². The van der Waals surface area contributed by atoms with E-state index < -0.39 is 0 Å². The van der Waals surface area contributed by atoms with Crippen molar-refractivity contribution in [1.29, 1.82) is 0 Å². The van der Waals surface area contributed by atoms with Crippen LogP contribution in [0.15, 0.2) is 28.8 Å². The normalized spacial score (nSPS) is 18.0. The fourth-order valence-corrected chi connectivity index (χ4v) is 3.56. The predicted octanol–water partition coefficient (Wildman–Crippen LogP) is 2.82. The Bertz CT molecular complexity index is 704. The van der Waals surface area contributed by atoms with Crippen LogP contribution in [-0.2, 0) is 0 Å². The highest BCUT2D eigenvalue weighted by atomic mass is 16.5. The van der Waals surface area contributed by atoms with Crippen LogP contribution in [0.2, 0.25) is 0 Å². The van der Waals surface area contributed by atoms with E-state index in [2.05, 4.69) is 46.6 Å². The van der Waals surface area contributed by atoms with Crippen molar-refractivity contribution in [3.05, 3.63) is 52.4 Å². The van der Waals surface area contributed by atoms with E-state index in [0.29, 0.717) is 29.5 Å². The van der Waals surface area contributed by atoms with Crippen LogP contribution in [0.4, 0.5) is 0 Å². The molecule has 1 unspecified atom stereocenters. The first kappa shape index (κ1) is 16.7. The van der Waals surface area contributed by atoms with Gasteiger partial charge in [0.1, 0.15) is 11.3 Å². The molecule has 24 heavy (non-hydrogen) atoms. The summed E-state index contributed by atoms with van der Waals surface area (Å²) in [7, 11) is 0. The van der Waals surface area contributed by atoms with Gasteiger partial charge in [-0.1, -0.05) is 29.4 Å². The smallest absolute Gasteiger partial charge is 0.256 e. The number of amides is 1. The second-order valence-electron chi connectivity index (χ2n) is 6.60. The van der Waals surface area contributed by atoms with Gasteiger partial charge in [-0.05, 0) is 50.8 Å². The lowest BCUT2D eigenvalue weighted by molar-refractivity contribution is 0.0947. The van der Waals surface area contributed by atoms with Crippen molar-refractivity contribution in [2.24, 2.45) is 0 Å². The van der Waals surface area contributed by atoms with Gasteiger partial charge < -0.3 is 14.7 Å². The number of hydrogen-bond donors (Lipinski definition) is 1. The monoisotopic (exact) mass is 327 g/mol. The molecule has 0 spiro atoms. The lowest BCUT2D eigenvalue weighted by atomic mass is 9.94. The van der Waals surface area contributed by atoms with Crippen LogP contribution in [0.25, 0.3) is 0 Å².